The second kappa shape index (κ2) is 7.77. The van der Waals surface area contributed by atoms with Crippen LogP contribution in [0.5, 0.6) is 0 Å². The zero-order valence-corrected chi connectivity index (χ0v) is 12.2. The fourth-order valence-corrected chi connectivity index (χ4v) is 2.77. The summed E-state index contributed by atoms with van der Waals surface area (Å²) in [5.74, 6) is 0. The summed E-state index contributed by atoms with van der Waals surface area (Å²) >= 11 is 0. The van der Waals surface area contributed by atoms with Crippen LogP contribution in [-0.2, 0) is 16.4 Å². The maximum Gasteiger partial charge on any atom is 0.389 e. The number of alkyl halides is 3. The molecule has 4 nitrogen and oxygen atoms in total. The Hall–Kier alpha value is -1.12. The molecule has 1 rings (SSSR count). The molecule has 0 aliphatic rings. The van der Waals surface area contributed by atoms with E-state index in [1.807, 2.05) is 0 Å². The average Bonchev–Trinajstić information content (AvgIpc) is 2.41. The molecular formula is C13H18F3NO3S. The summed E-state index contributed by atoms with van der Waals surface area (Å²) in [6, 6.07) is 6.05. The van der Waals surface area contributed by atoms with Gasteiger partial charge in [0.2, 0.25) is 10.0 Å². The van der Waals surface area contributed by atoms with E-state index in [2.05, 4.69) is 4.72 Å². The molecule has 0 aliphatic carbocycles. The van der Waals surface area contributed by atoms with Gasteiger partial charge in [0, 0.05) is 19.6 Å². The van der Waals surface area contributed by atoms with Crippen molar-refractivity contribution in [1.82, 2.24) is 4.72 Å². The van der Waals surface area contributed by atoms with Crippen LogP contribution >= 0.6 is 0 Å². The normalized spacial score (nSPS) is 12.6. The van der Waals surface area contributed by atoms with Crippen molar-refractivity contribution in [3.8, 4) is 0 Å². The fraction of sp³-hybridized carbons (Fsp3) is 0.538. The lowest BCUT2D eigenvalue weighted by Gasteiger charge is -2.09. The van der Waals surface area contributed by atoms with Gasteiger partial charge in [-0.2, -0.15) is 13.2 Å². The molecule has 0 spiro atoms. The Morgan fingerprint density at radius 1 is 1.10 bits per heavy atom. The molecule has 0 amide bonds. The summed E-state index contributed by atoms with van der Waals surface area (Å²) < 4.78 is 61.7. The third-order valence-corrected chi connectivity index (χ3v) is 4.26. The Kier molecular flexibility index (Phi) is 6.63. The maximum absolute atomic E-state index is 11.9. The average molecular weight is 325 g/mol. The van der Waals surface area contributed by atoms with Crippen molar-refractivity contribution in [2.75, 3.05) is 13.2 Å². The van der Waals surface area contributed by atoms with E-state index < -0.39 is 22.6 Å². The lowest BCUT2D eigenvalue weighted by atomic mass is 10.1. The van der Waals surface area contributed by atoms with Gasteiger partial charge in [-0.15, -0.1) is 0 Å². The van der Waals surface area contributed by atoms with Gasteiger partial charge >= 0.3 is 6.18 Å². The van der Waals surface area contributed by atoms with Gasteiger partial charge in [0.1, 0.15) is 0 Å². The molecule has 8 heteroatoms. The summed E-state index contributed by atoms with van der Waals surface area (Å²) in [6.07, 6.45) is -4.37. The van der Waals surface area contributed by atoms with Gasteiger partial charge in [0.05, 0.1) is 4.90 Å². The molecule has 0 radical (unpaired) electrons. The van der Waals surface area contributed by atoms with Crippen molar-refractivity contribution in [3.05, 3.63) is 29.8 Å². The van der Waals surface area contributed by atoms with Crippen LogP contribution in [0.3, 0.4) is 0 Å². The van der Waals surface area contributed by atoms with E-state index in [0.717, 1.165) is 5.56 Å². The number of nitrogens with one attached hydrogen (secondary N) is 1. The predicted octanol–water partition coefficient (Wildman–Crippen LogP) is 2.23. The van der Waals surface area contributed by atoms with E-state index >= 15 is 0 Å². The lowest BCUT2D eigenvalue weighted by molar-refractivity contribution is -0.135. The van der Waals surface area contributed by atoms with Crippen LogP contribution < -0.4 is 4.72 Å². The zero-order valence-electron chi connectivity index (χ0n) is 11.4. The standard InChI is InChI=1S/C13H18F3NO3S/c14-13(15,16)8-2-9-17-21(19,20)12-6-4-11(5-7-12)3-1-10-18/h4-7,17-18H,1-3,8-10H2. The summed E-state index contributed by atoms with van der Waals surface area (Å²) in [4.78, 5) is 0.0160. The number of rotatable bonds is 8. The smallest absolute Gasteiger partial charge is 0.389 e. The third-order valence-electron chi connectivity index (χ3n) is 2.79. The summed E-state index contributed by atoms with van der Waals surface area (Å²) in [5.41, 5.74) is 0.889. The van der Waals surface area contributed by atoms with Gasteiger partial charge in [-0.3, -0.25) is 0 Å². The summed E-state index contributed by atoms with van der Waals surface area (Å²) in [5, 5.41) is 8.70. The number of benzene rings is 1. The Morgan fingerprint density at radius 3 is 2.24 bits per heavy atom. The number of hydrogen-bond acceptors (Lipinski definition) is 3. The van der Waals surface area contributed by atoms with Crippen LogP contribution in [-0.4, -0.2) is 32.9 Å². The highest BCUT2D eigenvalue weighted by atomic mass is 32.2. The van der Waals surface area contributed by atoms with Gasteiger partial charge in [-0.25, -0.2) is 13.1 Å². The van der Waals surface area contributed by atoms with Crippen molar-refractivity contribution in [1.29, 1.82) is 0 Å². The number of hydrogen-bond donors (Lipinski definition) is 2. The van der Waals surface area contributed by atoms with Crippen LogP contribution in [0.4, 0.5) is 13.2 Å². The Morgan fingerprint density at radius 2 is 1.71 bits per heavy atom. The summed E-state index contributed by atoms with van der Waals surface area (Å²) in [6.45, 7) is -0.199. The first-order valence-electron chi connectivity index (χ1n) is 6.51. The molecule has 0 bridgehead atoms. The number of halogens is 3. The fourth-order valence-electron chi connectivity index (χ4n) is 1.70. The molecule has 1 aromatic rings. The number of sulfonamides is 1. The largest absolute Gasteiger partial charge is 0.396 e. The second-order valence-electron chi connectivity index (χ2n) is 4.59. The molecule has 0 fully saturated rings. The van der Waals surface area contributed by atoms with E-state index in [0.29, 0.717) is 12.8 Å². The van der Waals surface area contributed by atoms with E-state index in [1.165, 1.54) is 12.1 Å². The number of aliphatic hydroxyl groups excluding tert-OH is 1. The number of aliphatic hydroxyl groups is 1. The molecule has 21 heavy (non-hydrogen) atoms. The van der Waals surface area contributed by atoms with Gasteiger partial charge in [-0.1, -0.05) is 12.1 Å². The van der Waals surface area contributed by atoms with E-state index in [1.54, 1.807) is 12.1 Å². The zero-order chi connectivity index (χ0) is 15.9. The van der Waals surface area contributed by atoms with Crippen LogP contribution in [0.25, 0.3) is 0 Å². The van der Waals surface area contributed by atoms with Crippen molar-refractivity contribution in [2.24, 2.45) is 0 Å². The first-order chi connectivity index (χ1) is 9.74. The van der Waals surface area contributed by atoms with Crippen molar-refractivity contribution in [3.63, 3.8) is 0 Å². The van der Waals surface area contributed by atoms with Crippen molar-refractivity contribution >= 4 is 10.0 Å². The Labute approximate surface area is 122 Å². The molecular weight excluding hydrogens is 307 g/mol. The minimum Gasteiger partial charge on any atom is -0.396 e. The molecule has 0 saturated carbocycles. The molecule has 0 aliphatic heterocycles. The second-order valence-corrected chi connectivity index (χ2v) is 6.35. The quantitative estimate of drug-likeness (QED) is 0.720. The van der Waals surface area contributed by atoms with Gasteiger partial charge in [0.25, 0.3) is 0 Å². The first kappa shape index (κ1) is 17.9. The Balaban J connectivity index is 2.54. The van der Waals surface area contributed by atoms with E-state index in [9.17, 15) is 21.6 Å². The molecule has 0 saturated heterocycles. The molecule has 0 heterocycles. The molecule has 0 atom stereocenters. The molecule has 2 N–H and O–H groups in total. The van der Waals surface area contributed by atoms with Crippen LogP contribution in [0.2, 0.25) is 0 Å². The minimum absolute atomic E-state index is 0.0160. The lowest BCUT2D eigenvalue weighted by Crippen LogP contribution is -2.25. The van der Waals surface area contributed by atoms with E-state index in [4.69, 9.17) is 5.11 Å². The van der Waals surface area contributed by atoms with Crippen LogP contribution in [0.15, 0.2) is 29.2 Å². The van der Waals surface area contributed by atoms with Crippen molar-refractivity contribution < 1.29 is 26.7 Å². The van der Waals surface area contributed by atoms with Crippen molar-refractivity contribution in [2.45, 2.75) is 36.8 Å². The third kappa shape index (κ3) is 6.92. The highest BCUT2D eigenvalue weighted by molar-refractivity contribution is 7.89. The molecule has 1 aromatic carbocycles. The molecule has 120 valence electrons. The topological polar surface area (TPSA) is 66.4 Å². The monoisotopic (exact) mass is 325 g/mol. The minimum atomic E-state index is -4.28. The summed E-state index contributed by atoms with van der Waals surface area (Å²) in [7, 11) is -3.78. The number of aryl methyl sites for hydroxylation is 1. The van der Waals surface area contributed by atoms with Crippen LogP contribution in [0.1, 0.15) is 24.8 Å². The highest BCUT2D eigenvalue weighted by Crippen LogP contribution is 2.21. The molecule has 0 unspecified atom stereocenters. The maximum atomic E-state index is 11.9. The Bertz CT molecular complexity index is 527. The van der Waals surface area contributed by atoms with Crippen LogP contribution in [0, 0.1) is 0 Å². The first-order valence-corrected chi connectivity index (χ1v) is 7.99. The molecule has 0 aromatic heterocycles. The SMILES string of the molecule is O=S(=O)(NCCCC(F)(F)F)c1ccc(CCCO)cc1. The van der Waals surface area contributed by atoms with Gasteiger partial charge in [0.15, 0.2) is 0 Å². The van der Waals surface area contributed by atoms with E-state index in [-0.39, 0.29) is 24.5 Å². The van der Waals surface area contributed by atoms with Gasteiger partial charge < -0.3 is 5.11 Å². The highest BCUT2D eigenvalue weighted by Gasteiger charge is 2.26. The van der Waals surface area contributed by atoms with Gasteiger partial charge in [-0.05, 0) is 37.0 Å². The predicted molar refractivity (Wildman–Crippen MR) is 72.3 cm³/mol.